The monoisotopic (exact) mass is 192 g/mol. The van der Waals surface area contributed by atoms with Crippen molar-refractivity contribution in [2.24, 2.45) is 0 Å². The van der Waals surface area contributed by atoms with Crippen LogP contribution >= 0.6 is 0 Å². The first kappa shape index (κ1) is 9.34. The van der Waals surface area contributed by atoms with E-state index in [4.69, 9.17) is 10.5 Å². The van der Waals surface area contributed by atoms with E-state index >= 15 is 0 Å². The lowest BCUT2D eigenvalue weighted by molar-refractivity contribution is -0.0167. The summed E-state index contributed by atoms with van der Waals surface area (Å²) < 4.78 is 5.38. The summed E-state index contributed by atoms with van der Waals surface area (Å²) in [6.45, 7) is 4.03. The molecule has 0 spiro atoms. The average Bonchev–Trinajstić information content (AvgIpc) is 2.15. The van der Waals surface area contributed by atoms with E-state index in [2.05, 4.69) is 11.8 Å². The largest absolute Gasteiger partial charge is 0.399 e. The number of nitrogens with zero attached hydrogens (tertiary/aromatic N) is 1. The summed E-state index contributed by atoms with van der Waals surface area (Å²) in [4.78, 5) is 2.28. The maximum absolute atomic E-state index is 5.62. The van der Waals surface area contributed by atoms with Gasteiger partial charge >= 0.3 is 0 Å². The number of hydrogen-bond donors (Lipinski definition) is 1. The highest BCUT2D eigenvalue weighted by Crippen LogP contribution is 2.29. The van der Waals surface area contributed by atoms with Crippen LogP contribution in [0, 0.1) is 0 Å². The zero-order valence-corrected chi connectivity index (χ0v) is 8.66. The van der Waals surface area contributed by atoms with Gasteiger partial charge in [0, 0.05) is 31.6 Å². The summed E-state index contributed by atoms with van der Waals surface area (Å²) in [7, 11) is 1.76. The van der Waals surface area contributed by atoms with Crippen molar-refractivity contribution in [2.75, 3.05) is 30.8 Å². The first-order chi connectivity index (χ1) is 6.63. The summed E-state index contributed by atoms with van der Waals surface area (Å²) in [5, 5.41) is 0. The minimum absolute atomic E-state index is 0.0292. The molecule has 76 valence electrons. The number of anilines is 2. The second-order valence-corrected chi connectivity index (χ2v) is 4.10. The number of ether oxygens (including phenoxy) is 1. The molecule has 3 heteroatoms. The van der Waals surface area contributed by atoms with Gasteiger partial charge in [0.1, 0.15) is 0 Å². The minimum atomic E-state index is 0.0292. The molecule has 3 nitrogen and oxygen atoms in total. The van der Waals surface area contributed by atoms with Gasteiger partial charge in [-0.15, -0.1) is 0 Å². The van der Waals surface area contributed by atoms with E-state index in [-0.39, 0.29) is 5.60 Å². The lowest BCUT2D eigenvalue weighted by Crippen LogP contribution is -2.61. The molecule has 0 unspecified atom stereocenters. The number of nitrogens with two attached hydrogens (primary N) is 1. The van der Waals surface area contributed by atoms with E-state index in [1.807, 2.05) is 24.3 Å². The first-order valence-electron chi connectivity index (χ1n) is 4.79. The number of benzene rings is 1. The average molecular weight is 192 g/mol. The van der Waals surface area contributed by atoms with Crippen molar-refractivity contribution in [3.05, 3.63) is 24.3 Å². The molecular formula is C11H16N2O. The summed E-state index contributed by atoms with van der Waals surface area (Å²) in [5.74, 6) is 0. The molecule has 0 radical (unpaired) electrons. The predicted molar refractivity (Wildman–Crippen MR) is 58.5 cm³/mol. The van der Waals surface area contributed by atoms with Crippen LogP contribution in [0.3, 0.4) is 0 Å². The van der Waals surface area contributed by atoms with Crippen LogP contribution in [0.2, 0.25) is 0 Å². The van der Waals surface area contributed by atoms with Gasteiger partial charge in [-0.2, -0.15) is 0 Å². The standard InChI is InChI=1S/C11H16N2O/c1-11(14-2)7-13(8-11)10-5-3-9(12)4-6-10/h3-6H,7-8,12H2,1-2H3. The molecule has 0 saturated carbocycles. The molecule has 1 aromatic rings. The van der Waals surface area contributed by atoms with Gasteiger partial charge < -0.3 is 15.4 Å². The molecule has 1 saturated heterocycles. The van der Waals surface area contributed by atoms with E-state index in [9.17, 15) is 0 Å². The fraction of sp³-hybridized carbons (Fsp3) is 0.455. The van der Waals surface area contributed by atoms with Crippen LogP contribution in [-0.2, 0) is 4.74 Å². The molecule has 0 amide bonds. The third kappa shape index (κ3) is 1.55. The Morgan fingerprint density at radius 3 is 2.36 bits per heavy atom. The normalized spacial score (nSPS) is 19.1. The molecular weight excluding hydrogens is 176 g/mol. The second-order valence-electron chi connectivity index (χ2n) is 4.10. The molecule has 14 heavy (non-hydrogen) atoms. The molecule has 0 aromatic heterocycles. The smallest absolute Gasteiger partial charge is 0.0998 e. The van der Waals surface area contributed by atoms with Gasteiger partial charge in [0.15, 0.2) is 0 Å². The van der Waals surface area contributed by atoms with Gasteiger partial charge in [-0.25, -0.2) is 0 Å². The Labute approximate surface area is 84.5 Å². The van der Waals surface area contributed by atoms with Crippen LogP contribution in [0.1, 0.15) is 6.92 Å². The van der Waals surface area contributed by atoms with Crippen molar-refractivity contribution < 1.29 is 4.74 Å². The minimum Gasteiger partial charge on any atom is -0.399 e. The van der Waals surface area contributed by atoms with Gasteiger partial charge in [0.05, 0.1) is 5.60 Å². The highest BCUT2D eigenvalue weighted by atomic mass is 16.5. The van der Waals surface area contributed by atoms with Gasteiger partial charge in [-0.3, -0.25) is 0 Å². The Hall–Kier alpha value is -1.22. The molecule has 1 aliphatic heterocycles. The van der Waals surface area contributed by atoms with Crippen molar-refractivity contribution in [1.82, 2.24) is 0 Å². The van der Waals surface area contributed by atoms with E-state index < -0.39 is 0 Å². The molecule has 2 rings (SSSR count). The third-order valence-electron chi connectivity index (χ3n) is 2.80. The molecule has 1 aliphatic rings. The van der Waals surface area contributed by atoms with Crippen molar-refractivity contribution in [3.63, 3.8) is 0 Å². The fourth-order valence-electron chi connectivity index (χ4n) is 1.76. The van der Waals surface area contributed by atoms with Crippen LogP contribution in [0.4, 0.5) is 11.4 Å². The Balaban J connectivity index is 2.03. The zero-order chi connectivity index (χ0) is 10.2. The topological polar surface area (TPSA) is 38.5 Å². The molecule has 0 aliphatic carbocycles. The summed E-state index contributed by atoms with van der Waals surface area (Å²) >= 11 is 0. The number of nitrogen functional groups attached to an aromatic ring is 1. The van der Waals surface area contributed by atoms with Gasteiger partial charge in [-0.1, -0.05) is 0 Å². The predicted octanol–water partition coefficient (Wildman–Crippen LogP) is 1.49. The summed E-state index contributed by atoms with van der Waals surface area (Å²) in [6, 6.07) is 7.95. The zero-order valence-electron chi connectivity index (χ0n) is 8.66. The Morgan fingerprint density at radius 2 is 1.86 bits per heavy atom. The quantitative estimate of drug-likeness (QED) is 0.721. The van der Waals surface area contributed by atoms with Crippen LogP contribution in [0.5, 0.6) is 0 Å². The van der Waals surface area contributed by atoms with Crippen LogP contribution in [0.25, 0.3) is 0 Å². The highest BCUT2D eigenvalue weighted by molar-refractivity contribution is 5.55. The van der Waals surface area contributed by atoms with Crippen molar-refractivity contribution in [2.45, 2.75) is 12.5 Å². The van der Waals surface area contributed by atoms with Gasteiger partial charge in [0.2, 0.25) is 0 Å². The molecule has 1 heterocycles. The van der Waals surface area contributed by atoms with Gasteiger partial charge in [0.25, 0.3) is 0 Å². The SMILES string of the molecule is COC1(C)CN(c2ccc(N)cc2)C1. The molecule has 1 fully saturated rings. The maximum atomic E-state index is 5.62. The number of hydrogen-bond acceptors (Lipinski definition) is 3. The molecule has 0 atom stereocenters. The lowest BCUT2D eigenvalue weighted by atomic mass is 9.95. The maximum Gasteiger partial charge on any atom is 0.0998 e. The molecule has 0 bridgehead atoms. The van der Waals surface area contributed by atoms with Crippen molar-refractivity contribution in [1.29, 1.82) is 0 Å². The Kier molecular flexibility index (Phi) is 2.11. The van der Waals surface area contributed by atoms with E-state index in [0.717, 1.165) is 18.8 Å². The van der Waals surface area contributed by atoms with Crippen molar-refractivity contribution in [3.8, 4) is 0 Å². The van der Waals surface area contributed by atoms with Crippen LogP contribution in [-0.4, -0.2) is 25.8 Å². The first-order valence-corrected chi connectivity index (χ1v) is 4.79. The Bertz CT molecular complexity index is 315. The summed E-state index contributed by atoms with van der Waals surface area (Å²) in [6.07, 6.45) is 0. The third-order valence-corrected chi connectivity index (χ3v) is 2.80. The Morgan fingerprint density at radius 1 is 1.29 bits per heavy atom. The van der Waals surface area contributed by atoms with Crippen molar-refractivity contribution >= 4 is 11.4 Å². The second kappa shape index (κ2) is 3.17. The van der Waals surface area contributed by atoms with Crippen LogP contribution < -0.4 is 10.6 Å². The number of rotatable bonds is 2. The summed E-state index contributed by atoms with van der Waals surface area (Å²) in [5.41, 5.74) is 7.68. The van der Waals surface area contributed by atoms with Gasteiger partial charge in [-0.05, 0) is 31.2 Å². The molecule has 1 aromatic carbocycles. The van der Waals surface area contributed by atoms with E-state index in [0.29, 0.717) is 0 Å². The highest BCUT2D eigenvalue weighted by Gasteiger charge is 2.38. The van der Waals surface area contributed by atoms with E-state index in [1.165, 1.54) is 5.69 Å². The van der Waals surface area contributed by atoms with E-state index in [1.54, 1.807) is 7.11 Å². The lowest BCUT2D eigenvalue weighted by Gasteiger charge is -2.48. The fourth-order valence-corrected chi connectivity index (χ4v) is 1.76. The number of methoxy groups -OCH3 is 1. The van der Waals surface area contributed by atoms with Crippen LogP contribution in [0.15, 0.2) is 24.3 Å². The molecule has 2 N–H and O–H groups in total.